The minimum atomic E-state index is -0.553. The van der Waals surface area contributed by atoms with Crippen LogP contribution in [0.3, 0.4) is 0 Å². The molecule has 1 saturated heterocycles. The summed E-state index contributed by atoms with van der Waals surface area (Å²) in [6.07, 6.45) is 2.00. The summed E-state index contributed by atoms with van der Waals surface area (Å²) in [4.78, 5) is 38.4. The lowest BCUT2D eigenvalue weighted by Crippen LogP contribution is -2.44. The van der Waals surface area contributed by atoms with Crippen LogP contribution >= 0.6 is 0 Å². The van der Waals surface area contributed by atoms with Crippen molar-refractivity contribution in [2.75, 3.05) is 26.8 Å². The first kappa shape index (κ1) is 17.5. The number of esters is 1. The predicted molar refractivity (Wildman–Crippen MR) is 94.8 cm³/mol. The summed E-state index contributed by atoms with van der Waals surface area (Å²) in [5.41, 5.74) is 2.31. The lowest BCUT2D eigenvalue weighted by Gasteiger charge is -2.25. The van der Waals surface area contributed by atoms with E-state index in [9.17, 15) is 14.4 Å². The Morgan fingerprint density at radius 3 is 2.74 bits per heavy atom. The summed E-state index contributed by atoms with van der Waals surface area (Å²) in [5, 5.41) is 5.56. The predicted octanol–water partition coefficient (Wildman–Crippen LogP) is 1.10. The molecule has 0 saturated carbocycles. The van der Waals surface area contributed by atoms with Gasteiger partial charge in [-0.25, -0.2) is 9.59 Å². The molecular weight excluding hydrogens is 350 g/mol. The molecule has 142 valence electrons. The van der Waals surface area contributed by atoms with Gasteiger partial charge in [-0.15, -0.1) is 0 Å². The van der Waals surface area contributed by atoms with Gasteiger partial charge in [0.25, 0.3) is 5.91 Å². The standard InChI is InChI=1S/C19H21N3O5/c1-26-18(24)12-6-4-11(5-7-12)16-15-14(20-19(25)21-16)10-22(17(15)23)9-13-3-2-8-27-13/h4-7,13,16H,2-3,8-10H2,1H3,(H2,20,21,25)/t13-,16+/m1/s1. The van der Waals surface area contributed by atoms with Gasteiger partial charge < -0.3 is 25.0 Å². The number of ether oxygens (including phenoxy) is 2. The Morgan fingerprint density at radius 2 is 2.07 bits per heavy atom. The Morgan fingerprint density at radius 1 is 1.30 bits per heavy atom. The molecule has 1 aromatic carbocycles. The van der Waals surface area contributed by atoms with E-state index in [2.05, 4.69) is 10.6 Å². The first-order valence-electron chi connectivity index (χ1n) is 8.96. The molecule has 3 amide bonds. The molecule has 0 aromatic heterocycles. The minimum Gasteiger partial charge on any atom is -0.465 e. The van der Waals surface area contributed by atoms with Gasteiger partial charge in [-0.2, -0.15) is 0 Å². The summed E-state index contributed by atoms with van der Waals surface area (Å²) in [7, 11) is 1.32. The first-order valence-corrected chi connectivity index (χ1v) is 8.96. The molecule has 8 heteroatoms. The lowest BCUT2D eigenvalue weighted by atomic mass is 9.95. The fourth-order valence-electron chi connectivity index (χ4n) is 3.79. The van der Waals surface area contributed by atoms with Crippen molar-refractivity contribution in [3.8, 4) is 0 Å². The number of urea groups is 1. The zero-order chi connectivity index (χ0) is 19.0. The van der Waals surface area contributed by atoms with Gasteiger partial charge in [0.15, 0.2) is 0 Å². The number of hydrogen-bond acceptors (Lipinski definition) is 5. The number of methoxy groups -OCH3 is 1. The first-order chi connectivity index (χ1) is 13.1. The zero-order valence-electron chi connectivity index (χ0n) is 15.0. The summed E-state index contributed by atoms with van der Waals surface area (Å²) < 4.78 is 10.3. The van der Waals surface area contributed by atoms with E-state index in [4.69, 9.17) is 9.47 Å². The summed E-state index contributed by atoms with van der Waals surface area (Å²) in [5.74, 6) is -0.537. The molecule has 0 radical (unpaired) electrons. The van der Waals surface area contributed by atoms with Crippen LogP contribution in [0.15, 0.2) is 35.5 Å². The van der Waals surface area contributed by atoms with Crippen molar-refractivity contribution in [3.05, 3.63) is 46.7 Å². The van der Waals surface area contributed by atoms with E-state index in [1.54, 1.807) is 29.2 Å². The molecule has 2 atom stereocenters. The maximum absolute atomic E-state index is 13.0. The number of carbonyl (C=O) groups excluding carboxylic acids is 3. The summed E-state index contributed by atoms with van der Waals surface area (Å²) in [6, 6.07) is 5.80. The number of rotatable bonds is 4. The van der Waals surface area contributed by atoms with E-state index in [1.807, 2.05) is 0 Å². The average molecular weight is 371 g/mol. The largest absolute Gasteiger partial charge is 0.465 e. The van der Waals surface area contributed by atoms with E-state index in [0.717, 1.165) is 25.0 Å². The molecule has 0 unspecified atom stereocenters. The second kappa shape index (κ2) is 7.03. The van der Waals surface area contributed by atoms with Crippen molar-refractivity contribution in [2.24, 2.45) is 0 Å². The lowest BCUT2D eigenvalue weighted by molar-refractivity contribution is -0.127. The van der Waals surface area contributed by atoms with Crippen LogP contribution in [0.25, 0.3) is 0 Å². The van der Waals surface area contributed by atoms with Crippen LogP contribution in [0.2, 0.25) is 0 Å². The highest BCUT2D eigenvalue weighted by Gasteiger charge is 2.41. The van der Waals surface area contributed by atoms with Crippen molar-refractivity contribution in [2.45, 2.75) is 25.0 Å². The third-order valence-electron chi connectivity index (χ3n) is 5.13. The Bertz CT molecular complexity index is 811. The molecule has 3 heterocycles. The molecule has 2 N–H and O–H groups in total. The zero-order valence-corrected chi connectivity index (χ0v) is 15.0. The fraction of sp³-hybridized carbons (Fsp3) is 0.421. The van der Waals surface area contributed by atoms with Gasteiger partial charge in [-0.1, -0.05) is 12.1 Å². The van der Waals surface area contributed by atoms with Crippen molar-refractivity contribution in [1.82, 2.24) is 15.5 Å². The van der Waals surface area contributed by atoms with Gasteiger partial charge in [-0.3, -0.25) is 4.79 Å². The molecular formula is C19H21N3O5. The van der Waals surface area contributed by atoms with Gasteiger partial charge in [0.2, 0.25) is 0 Å². The number of carbonyl (C=O) groups is 3. The van der Waals surface area contributed by atoms with E-state index < -0.39 is 12.0 Å². The van der Waals surface area contributed by atoms with Gasteiger partial charge in [0.05, 0.1) is 42.6 Å². The molecule has 0 aliphatic carbocycles. The van der Waals surface area contributed by atoms with Crippen LogP contribution in [-0.2, 0) is 14.3 Å². The molecule has 3 aliphatic rings. The molecule has 3 aliphatic heterocycles. The number of benzene rings is 1. The van der Waals surface area contributed by atoms with Crippen LogP contribution in [-0.4, -0.2) is 55.7 Å². The van der Waals surface area contributed by atoms with E-state index in [0.29, 0.717) is 29.9 Å². The fourth-order valence-corrected chi connectivity index (χ4v) is 3.79. The SMILES string of the molecule is COC(=O)c1ccc([C@@H]2NC(=O)NC3=C2C(=O)N(C[C@H]2CCCO2)C3)cc1. The summed E-state index contributed by atoms with van der Waals surface area (Å²) >= 11 is 0. The van der Waals surface area contributed by atoms with Gasteiger partial charge in [-0.05, 0) is 30.5 Å². The molecule has 1 fully saturated rings. The van der Waals surface area contributed by atoms with Gasteiger partial charge >= 0.3 is 12.0 Å². The third-order valence-corrected chi connectivity index (χ3v) is 5.13. The third kappa shape index (κ3) is 3.28. The summed E-state index contributed by atoms with van der Waals surface area (Å²) in [6.45, 7) is 1.63. The molecule has 8 nitrogen and oxygen atoms in total. The van der Waals surface area contributed by atoms with E-state index in [-0.39, 0.29) is 18.0 Å². The molecule has 4 rings (SSSR count). The Balaban J connectivity index is 1.57. The van der Waals surface area contributed by atoms with Crippen molar-refractivity contribution >= 4 is 17.9 Å². The highest BCUT2D eigenvalue weighted by atomic mass is 16.5. The topological polar surface area (TPSA) is 97.0 Å². The maximum atomic E-state index is 13.0. The second-order valence-electron chi connectivity index (χ2n) is 6.86. The van der Waals surface area contributed by atoms with E-state index >= 15 is 0 Å². The Kier molecular flexibility index (Phi) is 4.57. The number of nitrogens with zero attached hydrogens (tertiary/aromatic N) is 1. The van der Waals surface area contributed by atoms with Gasteiger partial charge in [0.1, 0.15) is 0 Å². The van der Waals surface area contributed by atoms with Crippen molar-refractivity contribution in [1.29, 1.82) is 0 Å². The van der Waals surface area contributed by atoms with Crippen LogP contribution in [0.1, 0.15) is 34.8 Å². The normalized spacial score (nSPS) is 24.6. The molecule has 27 heavy (non-hydrogen) atoms. The van der Waals surface area contributed by atoms with E-state index in [1.165, 1.54) is 7.11 Å². The maximum Gasteiger partial charge on any atom is 0.337 e. The van der Waals surface area contributed by atoms with Crippen LogP contribution in [0, 0.1) is 0 Å². The Hall–Kier alpha value is -2.87. The highest BCUT2D eigenvalue weighted by molar-refractivity contribution is 6.01. The highest BCUT2D eigenvalue weighted by Crippen LogP contribution is 2.33. The van der Waals surface area contributed by atoms with Crippen molar-refractivity contribution < 1.29 is 23.9 Å². The average Bonchev–Trinajstić information content (AvgIpc) is 3.29. The molecule has 1 aromatic rings. The number of hydrogen-bond donors (Lipinski definition) is 2. The van der Waals surface area contributed by atoms with Crippen LogP contribution < -0.4 is 10.6 Å². The second-order valence-corrected chi connectivity index (χ2v) is 6.86. The number of nitrogens with one attached hydrogen (secondary N) is 2. The Labute approximate surface area is 156 Å². The van der Waals surface area contributed by atoms with Crippen LogP contribution in [0.5, 0.6) is 0 Å². The van der Waals surface area contributed by atoms with Crippen LogP contribution in [0.4, 0.5) is 4.79 Å². The molecule has 0 spiro atoms. The minimum absolute atomic E-state index is 0.0525. The van der Waals surface area contributed by atoms with Gasteiger partial charge in [0, 0.05) is 13.2 Å². The quantitative estimate of drug-likeness (QED) is 0.773. The smallest absolute Gasteiger partial charge is 0.337 e. The van der Waals surface area contributed by atoms with Crippen molar-refractivity contribution in [3.63, 3.8) is 0 Å². The number of amides is 3. The monoisotopic (exact) mass is 371 g/mol. The molecule has 0 bridgehead atoms.